The zero-order valence-corrected chi connectivity index (χ0v) is 10.8. The number of hydrogen-bond donors (Lipinski definition) is 1. The van der Waals surface area contributed by atoms with E-state index >= 15 is 0 Å². The highest BCUT2D eigenvalue weighted by Gasteiger charge is 2.25. The van der Waals surface area contributed by atoms with E-state index < -0.39 is 0 Å². The summed E-state index contributed by atoms with van der Waals surface area (Å²) in [6, 6.07) is 0.522. The third-order valence-electron chi connectivity index (χ3n) is 3.21. The smallest absolute Gasteiger partial charge is 0.229 e. The lowest BCUT2D eigenvalue weighted by Gasteiger charge is -2.25. The fourth-order valence-corrected chi connectivity index (χ4v) is 2.26. The first-order chi connectivity index (χ1) is 8.20. The van der Waals surface area contributed by atoms with Crippen molar-refractivity contribution in [1.29, 1.82) is 0 Å². The Hall–Kier alpha value is -0.940. The van der Waals surface area contributed by atoms with Gasteiger partial charge in [0, 0.05) is 18.6 Å². The molecule has 0 spiro atoms. The molecule has 1 fully saturated rings. The number of aromatic nitrogens is 2. The van der Waals surface area contributed by atoms with Gasteiger partial charge < -0.3 is 14.6 Å². The van der Waals surface area contributed by atoms with Crippen molar-refractivity contribution in [3.8, 4) is 0 Å². The third kappa shape index (κ3) is 3.04. The summed E-state index contributed by atoms with van der Waals surface area (Å²) < 4.78 is 10.8. The maximum Gasteiger partial charge on any atom is 0.229 e. The Bertz CT molecular complexity index is 353. The number of rotatable bonds is 4. The topological polar surface area (TPSA) is 60.2 Å². The molecule has 2 heterocycles. The van der Waals surface area contributed by atoms with Crippen LogP contribution in [0.3, 0.4) is 0 Å². The van der Waals surface area contributed by atoms with E-state index in [4.69, 9.17) is 9.26 Å². The van der Waals surface area contributed by atoms with Crippen molar-refractivity contribution in [2.24, 2.45) is 0 Å². The second-order valence-corrected chi connectivity index (χ2v) is 4.66. The van der Waals surface area contributed by atoms with Crippen LogP contribution in [0, 0.1) is 0 Å². The van der Waals surface area contributed by atoms with Crippen LogP contribution in [0.2, 0.25) is 0 Å². The quantitative estimate of drug-likeness (QED) is 0.871. The first-order valence-corrected chi connectivity index (χ1v) is 6.39. The fraction of sp³-hybridized carbons (Fsp3) is 0.833. The first kappa shape index (κ1) is 12.5. The SMILES string of the molecule is CCOC(C)c1noc(C2CCNC(C)C2)n1. The summed E-state index contributed by atoms with van der Waals surface area (Å²) in [6.45, 7) is 7.78. The number of nitrogens with one attached hydrogen (secondary N) is 1. The van der Waals surface area contributed by atoms with E-state index in [2.05, 4.69) is 22.4 Å². The number of ether oxygens (including phenoxy) is 1. The largest absolute Gasteiger partial charge is 0.371 e. The van der Waals surface area contributed by atoms with Crippen LogP contribution in [0.4, 0.5) is 0 Å². The molecule has 0 radical (unpaired) electrons. The number of nitrogens with zero attached hydrogens (tertiary/aromatic N) is 2. The zero-order valence-electron chi connectivity index (χ0n) is 10.8. The standard InChI is InChI=1S/C12H21N3O2/c1-4-16-9(3)11-14-12(17-15-11)10-5-6-13-8(2)7-10/h8-10,13H,4-7H2,1-3H3. The van der Waals surface area contributed by atoms with Crippen LogP contribution in [-0.4, -0.2) is 29.3 Å². The molecular formula is C12H21N3O2. The Balaban J connectivity index is 2.02. The van der Waals surface area contributed by atoms with Crippen LogP contribution in [0.5, 0.6) is 0 Å². The van der Waals surface area contributed by atoms with Crippen molar-refractivity contribution >= 4 is 0 Å². The average molecular weight is 239 g/mol. The van der Waals surface area contributed by atoms with E-state index in [0.717, 1.165) is 25.3 Å². The van der Waals surface area contributed by atoms with E-state index in [9.17, 15) is 0 Å². The summed E-state index contributed by atoms with van der Waals surface area (Å²) in [5, 5.41) is 7.42. The Labute approximate surface area is 102 Å². The Morgan fingerprint density at radius 3 is 3.12 bits per heavy atom. The van der Waals surface area contributed by atoms with Gasteiger partial charge in [-0.1, -0.05) is 5.16 Å². The van der Waals surface area contributed by atoms with Gasteiger partial charge in [0.25, 0.3) is 0 Å². The van der Waals surface area contributed by atoms with E-state index in [1.807, 2.05) is 13.8 Å². The molecule has 0 saturated carbocycles. The minimum Gasteiger partial charge on any atom is -0.371 e. The van der Waals surface area contributed by atoms with Crippen LogP contribution in [-0.2, 0) is 4.74 Å². The molecule has 2 rings (SSSR count). The van der Waals surface area contributed by atoms with Crippen LogP contribution in [0.25, 0.3) is 0 Å². The van der Waals surface area contributed by atoms with Crippen molar-refractivity contribution in [2.75, 3.05) is 13.2 Å². The second kappa shape index (κ2) is 5.60. The van der Waals surface area contributed by atoms with Crippen LogP contribution < -0.4 is 5.32 Å². The van der Waals surface area contributed by atoms with Crippen molar-refractivity contribution in [3.05, 3.63) is 11.7 Å². The fourth-order valence-electron chi connectivity index (χ4n) is 2.26. The molecule has 1 saturated heterocycles. The van der Waals surface area contributed by atoms with Crippen molar-refractivity contribution in [2.45, 2.75) is 51.7 Å². The highest BCUT2D eigenvalue weighted by atomic mass is 16.5. The maximum atomic E-state index is 5.45. The monoisotopic (exact) mass is 239 g/mol. The second-order valence-electron chi connectivity index (χ2n) is 4.66. The number of piperidine rings is 1. The average Bonchev–Trinajstić information content (AvgIpc) is 2.78. The summed E-state index contributed by atoms with van der Waals surface area (Å²) in [5.74, 6) is 1.81. The zero-order chi connectivity index (χ0) is 12.3. The molecule has 1 aliphatic rings. The predicted octanol–water partition coefficient (Wildman–Crippen LogP) is 2.02. The molecule has 17 heavy (non-hydrogen) atoms. The van der Waals surface area contributed by atoms with Crippen molar-refractivity contribution in [3.63, 3.8) is 0 Å². The molecule has 0 aliphatic carbocycles. The molecule has 1 aliphatic heterocycles. The van der Waals surface area contributed by atoms with Gasteiger partial charge in [-0.2, -0.15) is 4.98 Å². The number of hydrogen-bond acceptors (Lipinski definition) is 5. The molecule has 0 aromatic carbocycles. The van der Waals surface area contributed by atoms with Crippen LogP contribution in [0.15, 0.2) is 4.52 Å². The molecule has 1 N–H and O–H groups in total. The molecule has 3 atom stereocenters. The molecule has 0 bridgehead atoms. The normalized spacial score (nSPS) is 27.0. The molecule has 1 aromatic rings. The van der Waals surface area contributed by atoms with Gasteiger partial charge in [-0.3, -0.25) is 0 Å². The first-order valence-electron chi connectivity index (χ1n) is 6.39. The molecule has 5 heteroatoms. The molecule has 3 unspecified atom stereocenters. The maximum absolute atomic E-state index is 5.45. The molecule has 96 valence electrons. The van der Waals surface area contributed by atoms with E-state index in [1.54, 1.807) is 0 Å². The minimum atomic E-state index is -0.0864. The van der Waals surface area contributed by atoms with Gasteiger partial charge in [-0.15, -0.1) is 0 Å². The summed E-state index contributed by atoms with van der Waals surface area (Å²) in [6.07, 6.45) is 2.04. The Morgan fingerprint density at radius 2 is 2.41 bits per heavy atom. The predicted molar refractivity (Wildman–Crippen MR) is 63.8 cm³/mol. The van der Waals surface area contributed by atoms with Crippen molar-refractivity contribution in [1.82, 2.24) is 15.5 Å². The lowest BCUT2D eigenvalue weighted by molar-refractivity contribution is 0.0683. The van der Waals surface area contributed by atoms with Gasteiger partial charge in [0.2, 0.25) is 5.89 Å². The van der Waals surface area contributed by atoms with Gasteiger partial charge >= 0.3 is 0 Å². The van der Waals surface area contributed by atoms with Crippen LogP contribution in [0.1, 0.15) is 57.3 Å². The van der Waals surface area contributed by atoms with Gasteiger partial charge in [0.1, 0.15) is 6.10 Å². The van der Waals surface area contributed by atoms with Gasteiger partial charge in [-0.25, -0.2) is 0 Å². The highest BCUT2D eigenvalue weighted by molar-refractivity contribution is 4.99. The van der Waals surface area contributed by atoms with E-state index in [0.29, 0.717) is 24.4 Å². The van der Waals surface area contributed by atoms with Gasteiger partial charge in [0.15, 0.2) is 5.82 Å². The Morgan fingerprint density at radius 1 is 1.59 bits per heavy atom. The van der Waals surface area contributed by atoms with Crippen LogP contribution >= 0.6 is 0 Å². The van der Waals surface area contributed by atoms with Gasteiger partial charge in [-0.05, 0) is 40.2 Å². The Kier molecular flexibility index (Phi) is 4.12. The van der Waals surface area contributed by atoms with Gasteiger partial charge in [0.05, 0.1) is 0 Å². The highest BCUT2D eigenvalue weighted by Crippen LogP contribution is 2.27. The van der Waals surface area contributed by atoms with E-state index in [1.165, 1.54) is 0 Å². The lowest BCUT2D eigenvalue weighted by Crippen LogP contribution is -2.34. The van der Waals surface area contributed by atoms with E-state index in [-0.39, 0.29) is 6.10 Å². The summed E-state index contributed by atoms with van der Waals surface area (Å²) in [4.78, 5) is 4.46. The lowest BCUT2D eigenvalue weighted by atomic mass is 9.93. The summed E-state index contributed by atoms with van der Waals surface area (Å²) in [5.41, 5.74) is 0. The summed E-state index contributed by atoms with van der Waals surface area (Å²) in [7, 11) is 0. The molecule has 1 aromatic heterocycles. The molecule has 0 amide bonds. The molecule has 5 nitrogen and oxygen atoms in total. The summed E-state index contributed by atoms with van der Waals surface area (Å²) >= 11 is 0. The van der Waals surface area contributed by atoms with Crippen molar-refractivity contribution < 1.29 is 9.26 Å². The third-order valence-corrected chi connectivity index (χ3v) is 3.21. The minimum absolute atomic E-state index is 0.0864. The molecular weight excluding hydrogens is 218 g/mol.